The fourth-order valence-electron chi connectivity index (χ4n) is 1.72. The number of hydrazine groups is 1. The van der Waals surface area contributed by atoms with Gasteiger partial charge in [-0.1, -0.05) is 18.7 Å². The number of hydrogen-bond acceptors (Lipinski definition) is 5. The number of nitrogens with two attached hydrogens (primary N) is 2. The molecular weight excluding hydrogens is 262 g/mol. The summed E-state index contributed by atoms with van der Waals surface area (Å²) in [4.78, 5) is 18.7. The molecule has 1 unspecified atom stereocenters. The van der Waals surface area contributed by atoms with E-state index < -0.39 is 0 Å². The molecule has 0 aliphatic heterocycles. The van der Waals surface area contributed by atoms with Crippen LogP contribution in [0.1, 0.15) is 19.8 Å². The molecule has 0 bridgehead atoms. The van der Waals surface area contributed by atoms with Gasteiger partial charge >= 0.3 is 0 Å². The van der Waals surface area contributed by atoms with Gasteiger partial charge < -0.3 is 10.7 Å². The van der Waals surface area contributed by atoms with Crippen LogP contribution >= 0.6 is 11.8 Å². The highest BCUT2D eigenvalue weighted by Gasteiger charge is 2.10. The molecule has 0 saturated heterocycles. The van der Waals surface area contributed by atoms with Crippen LogP contribution in [0.2, 0.25) is 0 Å². The van der Waals surface area contributed by atoms with Crippen molar-refractivity contribution in [3.05, 3.63) is 18.2 Å². The molecule has 0 spiro atoms. The van der Waals surface area contributed by atoms with Crippen molar-refractivity contribution in [1.29, 1.82) is 0 Å². The van der Waals surface area contributed by atoms with Crippen molar-refractivity contribution in [2.24, 2.45) is 5.84 Å². The van der Waals surface area contributed by atoms with Crippen LogP contribution < -0.4 is 17.0 Å². The average molecular weight is 279 g/mol. The number of anilines is 1. The lowest BCUT2D eigenvalue weighted by atomic mass is 10.2. The zero-order chi connectivity index (χ0) is 13.8. The van der Waals surface area contributed by atoms with Crippen molar-refractivity contribution in [2.75, 3.05) is 5.73 Å². The van der Waals surface area contributed by atoms with E-state index in [0.29, 0.717) is 12.1 Å². The summed E-state index contributed by atoms with van der Waals surface area (Å²) in [5, 5.41) is 1.11. The Bertz CT molecular complexity index is 583. The maximum atomic E-state index is 11.1. The number of nitrogens with zero attached hydrogens (tertiary/aromatic N) is 1. The third kappa shape index (κ3) is 3.62. The molecule has 1 atom stereocenters. The Morgan fingerprint density at radius 1 is 1.58 bits per heavy atom. The van der Waals surface area contributed by atoms with E-state index in [-0.39, 0.29) is 11.2 Å². The second-order valence-electron chi connectivity index (χ2n) is 4.35. The van der Waals surface area contributed by atoms with Crippen molar-refractivity contribution < 1.29 is 4.79 Å². The van der Waals surface area contributed by atoms with Gasteiger partial charge in [0.05, 0.1) is 11.0 Å². The van der Waals surface area contributed by atoms with Crippen molar-refractivity contribution in [3.8, 4) is 0 Å². The topological polar surface area (TPSA) is 110 Å². The van der Waals surface area contributed by atoms with Crippen LogP contribution in [-0.4, -0.2) is 21.1 Å². The van der Waals surface area contributed by atoms with Gasteiger partial charge in [-0.2, -0.15) is 0 Å². The van der Waals surface area contributed by atoms with Gasteiger partial charge in [-0.3, -0.25) is 10.2 Å². The Labute approximate surface area is 115 Å². The molecule has 1 amide bonds. The summed E-state index contributed by atoms with van der Waals surface area (Å²) < 4.78 is 0. The Hall–Kier alpha value is -1.73. The summed E-state index contributed by atoms with van der Waals surface area (Å²) in [6.45, 7) is 2.05. The van der Waals surface area contributed by atoms with Gasteiger partial charge in [-0.05, 0) is 24.6 Å². The number of imidazole rings is 1. The number of nitrogen functional groups attached to an aromatic ring is 1. The number of amides is 1. The lowest BCUT2D eigenvalue weighted by Crippen LogP contribution is -2.30. The van der Waals surface area contributed by atoms with E-state index in [9.17, 15) is 4.79 Å². The molecule has 0 radical (unpaired) electrons. The molecule has 6 N–H and O–H groups in total. The maximum absolute atomic E-state index is 11.1. The zero-order valence-corrected chi connectivity index (χ0v) is 11.5. The summed E-state index contributed by atoms with van der Waals surface area (Å²) in [6, 6.07) is 5.57. The highest BCUT2D eigenvalue weighted by Crippen LogP contribution is 2.26. The number of hydrogen-bond donors (Lipinski definition) is 4. The van der Waals surface area contributed by atoms with E-state index in [1.165, 1.54) is 0 Å². The number of carbonyl (C=O) groups is 1. The SMILES string of the molecule is CC(CCC(=O)NN)Sc1nc2ccc(N)cc2[nH]1. The third-order valence-corrected chi connectivity index (χ3v) is 3.79. The minimum absolute atomic E-state index is 0.148. The molecule has 102 valence electrons. The average Bonchev–Trinajstić information content (AvgIpc) is 2.77. The predicted octanol–water partition coefficient (Wildman–Crippen LogP) is 1.40. The second kappa shape index (κ2) is 5.94. The fourth-order valence-corrected chi connectivity index (χ4v) is 2.65. The quantitative estimate of drug-likeness (QED) is 0.217. The van der Waals surface area contributed by atoms with Gasteiger partial charge in [0, 0.05) is 17.4 Å². The summed E-state index contributed by atoms with van der Waals surface area (Å²) in [7, 11) is 0. The lowest BCUT2D eigenvalue weighted by molar-refractivity contribution is -0.121. The van der Waals surface area contributed by atoms with Crippen molar-refractivity contribution >= 4 is 34.4 Å². The van der Waals surface area contributed by atoms with Gasteiger partial charge in [-0.15, -0.1) is 0 Å². The van der Waals surface area contributed by atoms with Gasteiger partial charge in [0.15, 0.2) is 5.16 Å². The van der Waals surface area contributed by atoms with Crippen LogP contribution in [0.5, 0.6) is 0 Å². The first kappa shape index (κ1) is 13.7. The molecule has 6 nitrogen and oxygen atoms in total. The Morgan fingerprint density at radius 2 is 2.37 bits per heavy atom. The zero-order valence-electron chi connectivity index (χ0n) is 10.6. The Balaban J connectivity index is 1.98. The number of aromatic nitrogens is 2. The van der Waals surface area contributed by atoms with Crippen LogP contribution in [0, 0.1) is 0 Å². The number of rotatable bonds is 5. The van der Waals surface area contributed by atoms with E-state index in [2.05, 4.69) is 22.3 Å². The van der Waals surface area contributed by atoms with Gasteiger partial charge in [0.25, 0.3) is 0 Å². The summed E-state index contributed by atoms with van der Waals surface area (Å²) in [5.74, 6) is 4.89. The molecule has 0 aliphatic rings. The summed E-state index contributed by atoms with van der Waals surface area (Å²) in [5.41, 5.74) is 10.4. The van der Waals surface area contributed by atoms with E-state index in [0.717, 1.165) is 22.6 Å². The Morgan fingerprint density at radius 3 is 3.11 bits per heavy atom. The monoisotopic (exact) mass is 279 g/mol. The predicted molar refractivity (Wildman–Crippen MR) is 77.4 cm³/mol. The van der Waals surface area contributed by atoms with Gasteiger partial charge in [0.1, 0.15) is 0 Å². The first-order valence-corrected chi connectivity index (χ1v) is 6.88. The molecule has 19 heavy (non-hydrogen) atoms. The van der Waals surface area contributed by atoms with Crippen LogP contribution in [0.4, 0.5) is 5.69 Å². The standard InChI is InChI=1S/C12H17N5OS/c1-7(2-5-11(18)17-14)19-12-15-9-4-3-8(13)6-10(9)16-12/h3-4,6-7H,2,5,13-14H2,1H3,(H,15,16)(H,17,18). The Kier molecular flexibility index (Phi) is 4.28. The minimum Gasteiger partial charge on any atom is -0.399 e. The maximum Gasteiger partial charge on any atom is 0.233 e. The summed E-state index contributed by atoms with van der Waals surface area (Å²) >= 11 is 1.60. The molecule has 0 aliphatic carbocycles. The number of benzene rings is 1. The molecule has 1 heterocycles. The fraction of sp³-hybridized carbons (Fsp3) is 0.333. The van der Waals surface area contributed by atoms with E-state index in [4.69, 9.17) is 11.6 Å². The highest BCUT2D eigenvalue weighted by molar-refractivity contribution is 7.99. The van der Waals surface area contributed by atoms with Crippen LogP contribution in [-0.2, 0) is 4.79 Å². The molecule has 2 rings (SSSR count). The van der Waals surface area contributed by atoms with Crippen LogP contribution in [0.15, 0.2) is 23.4 Å². The summed E-state index contributed by atoms with van der Waals surface area (Å²) in [6.07, 6.45) is 1.16. The lowest BCUT2D eigenvalue weighted by Gasteiger charge is -2.07. The molecule has 2 aromatic rings. The third-order valence-electron chi connectivity index (χ3n) is 2.74. The van der Waals surface area contributed by atoms with E-state index >= 15 is 0 Å². The molecule has 1 aromatic heterocycles. The number of carbonyl (C=O) groups excluding carboxylic acids is 1. The number of nitrogens with one attached hydrogen (secondary N) is 2. The minimum atomic E-state index is -0.148. The normalized spacial score (nSPS) is 12.5. The van der Waals surface area contributed by atoms with Gasteiger partial charge in [-0.25, -0.2) is 10.8 Å². The van der Waals surface area contributed by atoms with Crippen LogP contribution in [0.3, 0.4) is 0 Å². The number of fused-ring (bicyclic) bond motifs is 1. The van der Waals surface area contributed by atoms with Gasteiger partial charge in [0.2, 0.25) is 5.91 Å². The van der Waals surface area contributed by atoms with Crippen molar-refractivity contribution in [2.45, 2.75) is 30.2 Å². The molecule has 0 fully saturated rings. The molecule has 1 aromatic carbocycles. The van der Waals surface area contributed by atoms with Crippen molar-refractivity contribution in [3.63, 3.8) is 0 Å². The molecular formula is C12H17N5OS. The smallest absolute Gasteiger partial charge is 0.233 e. The van der Waals surface area contributed by atoms with E-state index in [1.807, 2.05) is 18.2 Å². The molecule has 7 heteroatoms. The number of thioether (sulfide) groups is 1. The molecule has 0 saturated carbocycles. The highest BCUT2D eigenvalue weighted by atomic mass is 32.2. The van der Waals surface area contributed by atoms with Crippen LogP contribution in [0.25, 0.3) is 11.0 Å². The first-order valence-electron chi connectivity index (χ1n) is 6.00. The number of H-pyrrole nitrogens is 1. The largest absolute Gasteiger partial charge is 0.399 e. The second-order valence-corrected chi connectivity index (χ2v) is 5.78. The van der Waals surface area contributed by atoms with E-state index in [1.54, 1.807) is 11.8 Å². The number of aromatic amines is 1. The van der Waals surface area contributed by atoms with Crippen molar-refractivity contribution in [1.82, 2.24) is 15.4 Å². The first-order chi connectivity index (χ1) is 9.08.